The van der Waals surface area contributed by atoms with Crippen molar-refractivity contribution in [2.45, 2.75) is 25.7 Å². The molecule has 3 atom stereocenters. The summed E-state index contributed by atoms with van der Waals surface area (Å²) in [5.41, 5.74) is 1.82. The number of nitro groups is 1. The van der Waals surface area contributed by atoms with Gasteiger partial charge in [0.2, 0.25) is 0 Å². The third kappa shape index (κ3) is 6.84. The summed E-state index contributed by atoms with van der Waals surface area (Å²) in [7, 11) is 1.60. The number of alkyl halides is 2. The molecule has 2 aromatic carbocycles. The molecule has 4 rings (SSSR count). The molecule has 0 bridgehead atoms. The number of pyridine rings is 1. The Morgan fingerprint density at radius 2 is 1.95 bits per heavy atom. The molecular formula is C29H31Br2N3O5. The molecule has 206 valence electrons. The van der Waals surface area contributed by atoms with E-state index in [0.717, 1.165) is 40.8 Å². The number of nitrogens with zero attached hydrogens (tertiary/aromatic N) is 3. The van der Waals surface area contributed by atoms with E-state index in [0.29, 0.717) is 48.2 Å². The minimum atomic E-state index is -0.469. The third-order valence-electron chi connectivity index (χ3n) is 7.69. The van der Waals surface area contributed by atoms with Crippen LogP contribution < -0.4 is 4.74 Å². The van der Waals surface area contributed by atoms with Gasteiger partial charge in [0.25, 0.3) is 11.6 Å². The molecule has 1 fully saturated rings. The highest BCUT2D eigenvalue weighted by Crippen LogP contribution is 2.37. The normalized spacial score (nSPS) is 18.1. The molecule has 0 saturated carbocycles. The van der Waals surface area contributed by atoms with Gasteiger partial charge in [-0.3, -0.25) is 24.7 Å². The van der Waals surface area contributed by atoms with Gasteiger partial charge in [-0.05, 0) is 73.4 Å². The number of ether oxygens (including phenoxy) is 1. The molecule has 1 amide bonds. The van der Waals surface area contributed by atoms with Crippen LogP contribution in [0, 0.1) is 27.9 Å². The van der Waals surface area contributed by atoms with Crippen LogP contribution in [0.2, 0.25) is 0 Å². The molecule has 1 aliphatic heterocycles. The van der Waals surface area contributed by atoms with Crippen molar-refractivity contribution < 1.29 is 19.2 Å². The minimum Gasteiger partial charge on any atom is -0.497 e. The number of likely N-dealkylation sites (tertiary alicyclic amines) is 1. The topological polar surface area (TPSA) is 103 Å². The van der Waals surface area contributed by atoms with Crippen molar-refractivity contribution in [3.8, 4) is 5.75 Å². The number of methoxy groups -OCH3 is 1. The zero-order chi connectivity index (χ0) is 27.9. The Kier molecular flexibility index (Phi) is 10.1. The van der Waals surface area contributed by atoms with Gasteiger partial charge < -0.3 is 9.64 Å². The van der Waals surface area contributed by atoms with E-state index >= 15 is 0 Å². The largest absolute Gasteiger partial charge is 0.497 e. The molecule has 39 heavy (non-hydrogen) atoms. The Bertz CT molecular complexity index is 1330. The molecule has 10 heteroatoms. The van der Waals surface area contributed by atoms with Crippen LogP contribution in [0.1, 0.15) is 46.4 Å². The molecule has 2 heterocycles. The molecule has 0 aliphatic carbocycles. The molecular weight excluding hydrogens is 630 g/mol. The molecule has 0 spiro atoms. The van der Waals surface area contributed by atoms with Crippen molar-refractivity contribution in [2.24, 2.45) is 17.8 Å². The van der Waals surface area contributed by atoms with Gasteiger partial charge in [0.05, 0.1) is 17.5 Å². The second-order valence-corrected chi connectivity index (χ2v) is 11.3. The maximum absolute atomic E-state index is 13.4. The third-order valence-corrected chi connectivity index (χ3v) is 8.98. The van der Waals surface area contributed by atoms with Gasteiger partial charge in [-0.25, -0.2) is 0 Å². The quantitative estimate of drug-likeness (QED) is 0.0983. The Morgan fingerprint density at radius 1 is 1.18 bits per heavy atom. The van der Waals surface area contributed by atoms with E-state index in [1.165, 1.54) is 24.3 Å². The Morgan fingerprint density at radius 3 is 2.62 bits per heavy atom. The lowest BCUT2D eigenvalue weighted by atomic mass is 9.74. The zero-order valence-corrected chi connectivity index (χ0v) is 24.9. The highest BCUT2D eigenvalue weighted by atomic mass is 79.9. The van der Waals surface area contributed by atoms with Gasteiger partial charge in [-0.2, -0.15) is 0 Å². The Balaban J connectivity index is 1.49. The number of ketones is 1. The number of amides is 1. The summed E-state index contributed by atoms with van der Waals surface area (Å²) in [6, 6.07) is 13.1. The maximum Gasteiger partial charge on any atom is 0.269 e. The van der Waals surface area contributed by atoms with E-state index < -0.39 is 4.92 Å². The maximum atomic E-state index is 13.4. The van der Waals surface area contributed by atoms with Crippen LogP contribution >= 0.6 is 31.9 Å². The highest BCUT2D eigenvalue weighted by molar-refractivity contribution is 9.09. The lowest BCUT2D eigenvalue weighted by molar-refractivity contribution is -0.384. The van der Waals surface area contributed by atoms with Crippen LogP contribution in [0.15, 0.2) is 54.7 Å². The number of halogens is 2. The first-order valence-electron chi connectivity index (χ1n) is 13.0. The summed E-state index contributed by atoms with van der Waals surface area (Å²) < 4.78 is 5.36. The summed E-state index contributed by atoms with van der Waals surface area (Å²) in [5.74, 6) is 1.50. The van der Waals surface area contributed by atoms with Crippen LogP contribution in [0.3, 0.4) is 0 Å². The predicted octanol–water partition coefficient (Wildman–Crippen LogP) is 6.69. The highest BCUT2D eigenvalue weighted by Gasteiger charge is 2.36. The molecule has 0 N–H and O–H groups in total. The number of aromatic nitrogens is 1. The molecule has 1 aliphatic rings. The number of rotatable bonds is 11. The van der Waals surface area contributed by atoms with Crippen molar-refractivity contribution >= 4 is 60.1 Å². The van der Waals surface area contributed by atoms with Gasteiger partial charge in [0, 0.05) is 65.0 Å². The molecule has 8 nitrogen and oxygen atoms in total. The first-order valence-corrected chi connectivity index (χ1v) is 15.2. The molecule has 3 aromatic rings. The van der Waals surface area contributed by atoms with Gasteiger partial charge in [-0.15, -0.1) is 0 Å². The minimum absolute atomic E-state index is 0.0371. The number of non-ortho nitro benzene ring substituents is 1. The van der Waals surface area contributed by atoms with Crippen LogP contribution in [-0.2, 0) is 0 Å². The number of hydrogen-bond donors (Lipinski definition) is 0. The smallest absolute Gasteiger partial charge is 0.269 e. The second kappa shape index (κ2) is 13.5. The summed E-state index contributed by atoms with van der Waals surface area (Å²) in [4.78, 5) is 43.5. The fourth-order valence-corrected chi connectivity index (χ4v) is 6.90. The van der Waals surface area contributed by atoms with Crippen molar-refractivity contribution in [3.05, 3.63) is 76.0 Å². The molecule has 1 saturated heterocycles. The van der Waals surface area contributed by atoms with Crippen molar-refractivity contribution in [3.63, 3.8) is 0 Å². The van der Waals surface area contributed by atoms with Gasteiger partial charge in [-0.1, -0.05) is 31.9 Å². The van der Waals surface area contributed by atoms with E-state index in [2.05, 4.69) is 36.8 Å². The van der Waals surface area contributed by atoms with Crippen LogP contribution in [0.5, 0.6) is 5.75 Å². The molecule has 0 radical (unpaired) electrons. The summed E-state index contributed by atoms with van der Waals surface area (Å²) in [5, 5.41) is 13.4. The monoisotopic (exact) mass is 659 g/mol. The average Bonchev–Trinajstić information content (AvgIpc) is 2.97. The number of carbonyl (C=O) groups excluding carboxylic acids is 2. The number of benzene rings is 2. The van der Waals surface area contributed by atoms with Gasteiger partial charge >= 0.3 is 0 Å². The van der Waals surface area contributed by atoms with E-state index in [9.17, 15) is 19.7 Å². The number of Topliss-reactive ketones (excluding diaryl/α,β-unsaturated/α-hetero) is 1. The second-order valence-electron chi connectivity index (χ2n) is 9.86. The number of hydrogen-bond acceptors (Lipinski definition) is 6. The lowest BCUT2D eigenvalue weighted by Crippen LogP contribution is -2.46. The van der Waals surface area contributed by atoms with Crippen molar-refractivity contribution in [1.82, 2.24) is 9.88 Å². The Labute approximate surface area is 244 Å². The first-order chi connectivity index (χ1) is 18.9. The number of nitro benzene ring substituents is 1. The van der Waals surface area contributed by atoms with E-state index in [1.54, 1.807) is 19.4 Å². The summed E-state index contributed by atoms with van der Waals surface area (Å²) in [6.45, 7) is 1.18. The van der Waals surface area contributed by atoms with Gasteiger partial charge in [0.1, 0.15) is 5.75 Å². The molecule has 1 aromatic heterocycles. The number of piperidine rings is 1. The molecule has 3 unspecified atom stereocenters. The van der Waals surface area contributed by atoms with Crippen molar-refractivity contribution in [1.29, 1.82) is 0 Å². The zero-order valence-electron chi connectivity index (χ0n) is 21.7. The van der Waals surface area contributed by atoms with E-state index in [4.69, 9.17) is 4.74 Å². The average molecular weight is 661 g/mol. The lowest BCUT2D eigenvalue weighted by Gasteiger charge is -2.42. The van der Waals surface area contributed by atoms with Crippen LogP contribution in [-0.4, -0.2) is 57.4 Å². The van der Waals surface area contributed by atoms with E-state index in [-0.39, 0.29) is 23.3 Å². The summed E-state index contributed by atoms with van der Waals surface area (Å²) >= 11 is 7.26. The number of fused-ring (bicyclic) bond motifs is 1. The predicted molar refractivity (Wildman–Crippen MR) is 158 cm³/mol. The summed E-state index contributed by atoms with van der Waals surface area (Å²) in [6.07, 6.45) is 4.58. The first kappa shape index (κ1) is 29.1. The standard InChI is InChI=1S/C29H31Br2N3O5/c1-39-23-7-8-27-25(16-23)24(11-14-32-27)28(35)9-4-19-12-15-33(18-26(19)21(17-31)10-13-30)29(36)20-2-5-22(6-3-20)34(37)38/h2-3,5-8,11,14,16,19,21,26H,4,9-10,12-13,15,17-18H2,1H3. The SMILES string of the molecule is COc1ccc2nccc(C(=O)CCC3CCN(C(=O)c4ccc([N+](=O)[O-])cc4)CC3C(CBr)CCBr)c2c1. The Hall–Kier alpha value is -2.85. The fourth-order valence-electron chi connectivity index (χ4n) is 5.51. The van der Waals surface area contributed by atoms with Crippen LogP contribution in [0.4, 0.5) is 5.69 Å². The number of carbonyl (C=O) groups is 2. The van der Waals surface area contributed by atoms with Crippen molar-refractivity contribution in [2.75, 3.05) is 30.9 Å². The van der Waals surface area contributed by atoms with Gasteiger partial charge in [0.15, 0.2) is 5.78 Å². The van der Waals surface area contributed by atoms with E-state index in [1.807, 2.05) is 23.1 Å². The fraction of sp³-hybridized carbons (Fsp3) is 0.414. The van der Waals surface area contributed by atoms with Crippen LogP contribution in [0.25, 0.3) is 10.9 Å².